The number of benzene rings is 2. The van der Waals surface area contributed by atoms with Crippen LogP contribution in [0.2, 0.25) is 0 Å². The summed E-state index contributed by atoms with van der Waals surface area (Å²) in [6, 6.07) is 16.6. The number of hydrogen-bond donors (Lipinski definition) is 1. The Morgan fingerprint density at radius 3 is 2.76 bits per heavy atom. The Morgan fingerprint density at radius 1 is 1.21 bits per heavy atom. The molecule has 4 rings (SSSR count). The van der Waals surface area contributed by atoms with Crippen molar-refractivity contribution in [2.24, 2.45) is 5.41 Å². The lowest BCUT2D eigenvalue weighted by atomic mass is 9.74. The number of aryl methyl sites for hydroxylation is 1. The monoisotopic (exact) mass is 387 g/mol. The summed E-state index contributed by atoms with van der Waals surface area (Å²) in [7, 11) is 0. The van der Waals surface area contributed by atoms with Gasteiger partial charge in [0.2, 0.25) is 0 Å². The highest BCUT2D eigenvalue weighted by Crippen LogP contribution is 2.41. The van der Waals surface area contributed by atoms with Crippen LogP contribution >= 0.6 is 0 Å². The van der Waals surface area contributed by atoms with Crippen LogP contribution < -0.4 is 5.32 Å². The van der Waals surface area contributed by atoms with E-state index in [1.807, 2.05) is 24.4 Å². The van der Waals surface area contributed by atoms with Gasteiger partial charge in [-0.15, -0.1) is 0 Å². The lowest BCUT2D eigenvalue weighted by molar-refractivity contribution is 0.101. The summed E-state index contributed by atoms with van der Waals surface area (Å²) < 4.78 is 2.12. The second-order valence-electron chi connectivity index (χ2n) is 8.98. The number of hydrogen-bond acceptors (Lipinski definition) is 3. The Morgan fingerprint density at radius 2 is 2.00 bits per heavy atom. The molecule has 1 atom stereocenters. The highest BCUT2D eigenvalue weighted by Gasteiger charge is 2.35. The van der Waals surface area contributed by atoms with Gasteiger partial charge >= 0.3 is 0 Å². The Kier molecular flexibility index (Phi) is 5.13. The molecule has 0 fully saturated rings. The number of nitrogens with zero attached hydrogens (tertiary/aromatic N) is 2. The summed E-state index contributed by atoms with van der Waals surface area (Å²) in [5.41, 5.74) is 7.05. The van der Waals surface area contributed by atoms with Crippen LogP contribution in [0.15, 0.2) is 54.7 Å². The predicted molar refractivity (Wildman–Crippen MR) is 116 cm³/mol. The van der Waals surface area contributed by atoms with Crippen molar-refractivity contribution in [3.05, 3.63) is 82.7 Å². The van der Waals surface area contributed by atoms with Gasteiger partial charge in [-0.3, -0.25) is 4.79 Å². The van der Waals surface area contributed by atoms with E-state index in [4.69, 9.17) is 5.10 Å². The van der Waals surface area contributed by atoms with Crippen molar-refractivity contribution < 1.29 is 4.79 Å². The molecule has 1 N–H and O–H groups in total. The summed E-state index contributed by atoms with van der Waals surface area (Å²) in [4.78, 5) is 11.7. The standard InChI is InChI=1S/C25H29N3O/c1-17-8-5-6-11-23(17)28-24-14-25(3,4)13-22(21(24)16-27-28)26-15-19-9-7-10-20(12-19)18(2)29/h5-12,16,22,26H,13-15H2,1-4H3/t22-/m0/s1. The first-order valence-corrected chi connectivity index (χ1v) is 10.3. The molecule has 0 bridgehead atoms. The van der Waals surface area contributed by atoms with Crippen molar-refractivity contribution in [3.8, 4) is 5.69 Å². The average Bonchev–Trinajstić information content (AvgIpc) is 3.09. The summed E-state index contributed by atoms with van der Waals surface area (Å²) >= 11 is 0. The Hall–Kier alpha value is -2.72. The van der Waals surface area contributed by atoms with Crippen molar-refractivity contribution in [1.82, 2.24) is 15.1 Å². The number of rotatable bonds is 5. The Bertz CT molecular complexity index is 1050. The van der Waals surface area contributed by atoms with Crippen LogP contribution in [0.3, 0.4) is 0 Å². The summed E-state index contributed by atoms with van der Waals surface area (Å²) in [5.74, 6) is 0.104. The highest BCUT2D eigenvalue weighted by molar-refractivity contribution is 5.94. The molecule has 2 aromatic carbocycles. The molecule has 4 nitrogen and oxygen atoms in total. The van der Waals surface area contributed by atoms with Crippen molar-refractivity contribution in [2.45, 2.75) is 53.1 Å². The molecule has 0 saturated heterocycles. The largest absolute Gasteiger partial charge is 0.306 e. The van der Waals surface area contributed by atoms with Crippen molar-refractivity contribution >= 4 is 5.78 Å². The van der Waals surface area contributed by atoms with Crippen LogP contribution in [0, 0.1) is 12.3 Å². The minimum Gasteiger partial charge on any atom is -0.306 e. The maximum atomic E-state index is 11.7. The topological polar surface area (TPSA) is 46.9 Å². The smallest absolute Gasteiger partial charge is 0.159 e. The van der Waals surface area contributed by atoms with Crippen molar-refractivity contribution in [1.29, 1.82) is 0 Å². The molecule has 1 aliphatic rings. The van der Waals surface area contributed by atoms with E-state index in [9.17, 15) is 4.79 Å². The number of carbonyl (C=O) groups is 1. The second-order valence-corrected chi connectivity index (χ2v) is 8.98. The fraction of sp³-hybridized carbons (Fsp3) is 0.360. The van der Waals surface area contributed by atoms with E-state index in [0.717, 1.165) is 36.2 Å². The number of fused-ring (bicyclic) bond motifs is 1. The third-order valence-electron chi connectivity index (χ3n) is 5.91. The molecule has 0 amide bonds. The van der Waals surface area contributed by atoms with Crippen LogP contribution in [0.1, 0.15) is 66.0 Å². The van der Waals surface area contributed by atoms with E-state index in [-0.39, 0.29) is 17.2 Å². The fourth-order valence-electron chi connectivity index (χ4n) is 4.37. The van der Waals surface area contributed by atoms with Gasteiger partial charge in [-0.1, -0.05) is 50.2 Å². The first-order valence-electron chi connectivity index (χ1n) is 10.3. The van der Waals surface area contributed by atoms with Gasteiger partial charge < -0.3 is 5.32 Å². The first kappa shape index (κ1) is 19.6. The first-order chi connectivity index (χ1) is 13.8. The van der Waals surface area contributed by atoms with Gasteiger partial charge in [-0.05, 0) is 55.4 Å². The summed E-state index contributed by atoms with van der Waals surface area (Å²) in [5, 5.41) is 8.50. The lowest BCUT2D eigenvalue weighted by Gasteiger charge is -2.36. The molecule has 1 aliphatic carbocycles. The van der Waals surface area contributed by atoms with Gasteiger partial charge in [-0.2, -0.15) is 5.10 Å². The van der Waals surface area contributed by atoms with E-state index in [0.29, 0.717) is 0 Å². The zero-order valence-corrected chi connectivity index (χ0v) is 17.7. The lowest BCUT2D eigenvalue weighted by Crippen LogP contribution is -2.33. The van der Waals surface area contributed by atoms with Gasteiger partial charge in [0, 0.05) is 29.4 Å². The van der Waals surface area contributed by atoms with Crippen LogP contribution in [0.4, 0.5) is 0 Å². The van der Waals surface area contributed by atoms with Crippen LogP contribution in [0.25, 0.3) is 5.69 Å². The third-order valence-corrected chi connectivity index (χ3v) is 5.91. The van der Waals surface area contributed by atoms with E-state index >= 15 is 0 Å². The van der Waals surface area contributed by atoms with E-state index in [1.165, 1.54) is 16.8 Å². The van der Waals surface area contributed by atoms with Crippen LogP contribution in [-0.4, -0.2) is 15.6 Å². The molecular formula is C25H29N3O. The Balaban J connectivity index is 1.63. The van der Waals surface area contributed by atoms with Gasteiger partial charge in [0.05, 0.1) is 11.9 Å². The second kappa shape index (κ2) is 7.60. The maximum absolute atomic E-state index is 11.7. The van der Waals surface area contributed by atoms with E-state index in [1.54, 1.807) is 6.92 Å². The molecule has 29 heavy (non-hydrogen) atoms. The Labute approximate surface area is 173 Å². The highest BCUT2D eigenvalue weighted by atomic mass is 16.1. The molecule has 0 unspecified atom stereocenters. The normalized spacial score (nSPS) is 17.7. The van der Waals surface area contributed by atoms with Gasteiger partial charge in [0.1, 0.15) is 0 Å². The SMILES string of the molecule is CC(=O)c1cccc(CN[C@H]2CC(C)(C)Cc3c2cnn3-c2ccccc2C)c1. The number of para-hydroxylation sites is 1. The minimum atomic E-state index is 0.104. The van der Waals surface area contributed by atoms with Gasteiger partial charge in [0.15, 0.2) is 5.78 Å². The number of ketones is 1. The maximum Gasteiger partial charge on any atom is 0.159 e. The molecule has 4 heteroatoms. The van der Waals surface area contributed by atoms with Crippen LogP contribution in [-0.2, 0) is 13.0 Å². The molecule has 0 aliphatic heterocycles. The molecule has 0 radical (unpaired) electrons. The molecule has 1 aromatic heterocycles. The predicted octanol–water partition coefficient (Wildman–Crippen LogP) is 5.19. The molecule has 150 valence electrons. The quantitative estimate of drug-likeness (QED) is 0.613. The number of carbonyl (C=O) groups excluding carboxylic acids is 1. The molecular weight excluding hydrogens is 358 g/mol. The van der Waals surface area contributed by atoms with Crippen LogP contribution in [0.5, 0.6) is 0 Å². The number of aromatic nitrogens is 2. The molecule has 0 saturated carbocycles. The average molecular weight is 388 g/mol. The summed E-state index contributed by atoms with van der Waals surface area (Å²) in [6.07, 6.45) is 4.10. The summed E-state index contributed by atoms with van der Waals surface area (Å²) in [6.45, 7) is 9.14. The molecule has 0 spiro atoms. The zero-order chi connectivity index (χ0) is 20.6. The molecule has 3 aromatic rings. The van der Waals surface area contributed by atoms with Crippen molar-refractivity contribution in [3.63, 3.8) is 0 Å². The fourth-order valence-corrected chi connectivity index (χ4v) is 4.37. The van der Waals surface area contributed by atoms with E-state index < -0.39 is 0 Å². The molecule has 1 heterocycles. The number of Topliss-reactive ketones (excluding diaryl/α,β-unsaturated/α-hetero) is 1. The van der Waals surface area contributed by atoms with Crippen molar-refractivity contribution in [2.75, 3.05) is 0 Å². The van der Waals surface area contributed by atoms with Gasteiger partial charge in [-0.25, -0.2) is 4.68 Å². The zero-order valence-electron chi connectivity index (χ0n) is 17.7. The number of nitrogens with one attached hydrogen (secondary N) is 1. The van der Waals surface area contributed by atoms with E-state index in [2.05, 4.69) is 61.1 Å². The minimum absolute atomic E-state index is 0.104. The third kappa shape index (κ3) is 4.03. The van der Waals surface area contributed by atoms with Gasteiger partial charge in [0.25, 0.3) is 0 Å².